The number of hydrogen-bond donors (Lipinski definition) is 1. The van der Waals surface area contributed by atoms with E-state index in [1.54, 1.807) is 6.08 Å². The van der Waals surface area contributed by atoms with Gasteiger partial charge in [0.25, 0.3) is 11.5 Å². The van der Waals surface area contributed by atoms with Crippen molar-refractivity contribution in [1.82, 2.24) is 15.1 Å². The summed E-state index contributed by atoms with van der Waals surface area (Å²) in [5, 5.41) is 6.70. The molecule has 0 radical (unpaired) electrons. The van der Waals surface area contributed by atoms with E-state index in [2.05, 4.69) is 17.0 Å². The average molecular weight is 269 g/mol. The molecule has 20 heavy (non-hydrogen) atoms. The van der Waals surface area contributed by atoms with Gasteiger partial charge in [-0.2, -0.15) is 5.10 Å². The van der Waals surface area contributed by atoms with Crippen LogP contribution in [0.1, 0.15) is 16.1 Å². The summed E-state index contributed by atoms with van der Waals surface area (Å²) in [4.78, 5) is 23.5. The van der Waals surface area contributed by atoms with Crippen LogP contribution in [0, 0.1) is 0 Å². The summed E-state index contributed by atoms with van der Waals surface area (Å²) in [6, 6.07) is 12.2. The molecule has 0 aliphatic heterocycles. The van der Waals surface area contributed by atoms with Gasteiger partial charge in [-0.1, -0.05) is 36.4 Å². The van der Waals surface area contributed by atoms with E-state index in [0.29, 0.717) is 13.1 Å². The highest BCUT2D eigenvalue weighted by atomic mass is 16.2. The van der Waals surface area contributed by atoms with Crippen molar-refractivity contribution in [2.45, 2.75) is 6.54 Å². The minimum atomic E-state index is -0.327. The molecule has 2 aromatic rings. The molecular formula is C15H15N3O2. The maximum absolute atomic E-state index is 11.8. The first-order valence-corrected chi connectivity index (χ1v) is 6.22. The van der Waals surface area contributed by atoms with Crippen molar-refractivity contribution in [3.05, 3.63) is 76.7 Å². The Morgan fingerprint density at radius 2 is 2.00 bits per heavy atom. The Kier molecular flexibility index (Phi) is 4.44. The Bertz CT molecular complexity index is 662. The van der Waals surface area contributed by atoms with Gasteiger partial charge in [-0.05, 0) is 11.6 Å². The van der Waals surface area contributed by atoms with E-state index in [1.165, 1.54) is 16.8 Å². The van der Waals surface area contributed by atoms with Crippen LogP contribution in [0.4, 0.5) is 0 Å². The Balaban J connectivity index is 2.23. The fraction of sp³-hybridized carbons (Fsp3) is 0.133. The van der Waals surface area contributed by atoms with Crippen LogP contribution in [0.25, 0.3) is 0 Å². The van der Waals surface area contributed by atoms with Gasteiger partial charge >= 0.3 is 0 Å². The van der Waals surface area contributed by atoms with Gasteiger partial charge in [0.15, 0.2) is 0 Å². The SMILES string of the molecule is C=CCNC(=O)c1ccc(=O)n(Cc2ccccc2)n1. The predicted octanol–water partition coefficient (Wildman–Crippen LogP) is 1.21. The van der Waals surface area contributed by atoms with Gasteiger partial charge in [0, 0.05) is 12.6 Å². The molecule has 0 bridgehead atoms. The van der Waals surface area contributed by atoms with Crippen molar-refractivity contribution < 1.29 is 4.79 Å². The molecule has 0 saturated heterocycles. The second-order valence-corrected chi connectivity index (χ2v) is 4.20. The predicted molar refractivity (Wildman–Crippen MR) is 76.6 cm³/mol. The summed E-state index contributed by atoms with van der Waals surface area (Å²) in [5.41, 5.74) is 0.919. The molecule has 5 heteroatoms. The van der Waals surface area contributed by atoms with Crippen molar-refractivity contribution >= 4 is 5.91 Å². The fourth-order valence-electron chi connectivity index (χ4n) is 1.70. The normalized spacial score (nSPS) is 10.0. The largest absolute Gasteiger partial charge is 0.347 e. The second-order valence-electron chi connectivity index (χ2n) is 4.20. The molecule has 2 rings (SSSR count). The van der Waals surface area contributed by atoms with Crippen LogP contribution in [-0.4, -0.2) is 22.2 Å². The van der Waals surface area contributed by atoms with E-state index in [4.69, 9.17) is 0 Å². The molecule has 0 fully saturated rings. The first-order chi connectivity index (χ1) is 9.70. The molecule has 1 aromatic carbocycles. The van der Waals surface area contributed by atoms with Gasteiger partial charge in [0.1, 0.15) is 5.69 Å². The molecule has 0 unspecified atom stereocenters. The second kappa shape index (κ2) is 6.47. The highest BCUT2D eigenvalue weighted by molar-refractivity contribution is 5.92. The molecule has 0 saturated carbocycles. The van der Waals surface area contributed by atoms with Crippen LogP contribution < -0.4 is 10.9 Å². The summed E-state index contributed by atoms with van der Waals surface area (Å²) in [5.74, 6) is -0.327. The molecule has 0 spiro atoms. The quantitative estimate of drug-likeness (QED) is 0.830. The topological polar surface area (TPSA) is 64.0 Å². The number of amides is 1. The number of carbonyl (C=O) groups is 1. The standard InChI is InChI=1S/C15H15N3O2/c1-2-10-16-15(20)13-8-9-14(19)18(17-13)11-12-6-4-3-5-7-12/h2-9H,1,10-11H2,(H,16,20). The Hall–Kier alpha value is -2.69. The summed E-state index contributed by atoms with van der Waals surface area (Å²) in [6.07, 6.45) is 1.58. The number of rotatable bonds is 5. The zero-order chi connectivity index (χ0) is 14.4. The van der Waals surface area contributed by atoms with Crippen LogP contribution >= 0.6 is 0 Å². The molecule has 1 heterocycles. The Morgan fingerprint density at radius 1 is 1.25 bits per heavy atom. The van der Waals surface area contributed by atoms with Gasteiger partial charge in [0.05, 0.1) is 6.54 Å². The minimum Gasteiger partial charge on any atom is -0.347 e. The average Bonchev–Trinajstić information content (AvgIpc) is 2.48. The van der Waals surface area contributed by atoms with E-state index in [0.717, 1.165) is 5.56 Å². The lowest BCUT2D eigenvalue weighted by atomic mass is 10.2. The number of nitrogens with one attached hydrogen (secondary N) is 1. The molecular weight excluding hydrogens is 254 g/mol. The number of nitrogens with zero attached hydrogens (tertiary/aromatic N) is 2. The summed E-state index contributed by atoms with van der Waals surface area (Å²) < 4.78 is 1.28. The van der Waals surface area contributed by atoms with Crippen LogP contribution in [0.2, 0.25) is 0 Å². The van der Waals surface area contributed by atoms with Crippen LogP contribution in [0.5, 0.6) is 0 Å². The van der Waals surface area contributed by atoms with Gasteiger partial charge in [-0.3, -0.25) is 9.59 Å². The van der Waals surface area contributed by atoms with E-state index >= 15 is 0 Å². The molecule has 5 nitrogen and oxygen atoms in total. The number of carbonyl (C=O) groups excluding carboxylic acids is 1. The molecule has 102 valence electrons. The summed E-state index contributed by atoms with van der Waals surface area (Å²) in [7, 11) is 0. The van der Waals surface area contributed by atoms with E-state index in [-0.39, 0.29) is 17.2 Å². The maximum Gasteiger partial charge on any atom is 0.271 e. The molecule has 1 N–H and O–H groups in total. The van der Waals surface area contributed by atoms with Gasteiger partial charge in [0.2, 0.25) is 0 Å². The lowest BCUT2D eigenvalue weighted by Crippen LogP contribution is -2.29. The smallest absolute Gasteiger partial charge is 0.271 e. The number of hydrogen-bond acceptors (Lipinski definition) is 3. The van der Waals surface area contributed by atoms with Crippen molar-refractivity contribution in [3.63, 3.8) is 0 Å². The first kappa shape index (κ1) is 13.7. The van der Waals surface area contributed by atoms with Gasteiger partial charge < -0.3 is 5.32 Å². The fourth-order valence-corrected chi connectivity index (χ4v) is 1.70. The van der Waals surface area contributed by atoms with E-state index < -0.39 is 0 Å². The molecule has 1 aromatic heterocycles. The van der Waals surface area contributed by atoms with Crippen LogP contribution in [-0.2, 0) is 6.54 Å². The molecule has 0 atom stereocenters. The zero-order valence-corrected chi connectivity index (χ0v) is 11.0. The highest BCUT2D eigenvalue weighted by Crippen LogP contribution is 2.00. The van der Waals surface area contributed by atoms with Crippen LogP contribution in [0.3, 0.4) is 0 Å². The summed E-state index contributed by atoms with van der Waals surface area (Å²) >= 11 is 0. The van der Waals surface area contributed by atoms with Crippen molar-refractivity contribution in [2.75, 3.05) is 6.54 Å². The number of aromatic nitrogens is 2. The molecule has 1 amide bonds. The molecule has 0 aliphatic rings. The highest BCUT2D eigenvalue weighted by Gasteiger charge is 2.08. The minimum absolute atomic E-state index is 0.211. The zero-order valence-electron chi connectivity index (χ0n) is 11.0. The van der Waals surface area contributed by atoms with Gasteiger partial charge in [-0.25, -0.2) is 4.68 Å². The third-order valence-corrected chi connectivity index (χ3v) is 2.68. The van der Waals surface area contributed by atoms with Crippen molar-refractivity contribution in [2.24, 2.45) is 0 Å². The van der Waals surface area contributed by atoms with Crippen LogP contribution in [0.15, 0.2) is 59.9 Å². The maximum atomic E-state index is 11.8. The van der Waals surface area contributed by atoms with Gasteiger partial charge in [-0.15, -0.1) is 6.58 Å². The first-order valence-electron chi connectivity index (χ1n) is 6.22. The van der Waals surface area contributed by atoms with Crippen molar-refractivity contribution in [1.29, 1.82) is 0 Å². The van der Waals surface area contributed by atoms with E-state index in [1.807, 2.05) is 30.3 Å². The lowest BCUT2D eigenvalue weighted by molar-refractivity contribution is 0.0950. The summed E-state index contributed by atoms with van der Waals surface area (Å²) in [6.45, 7) is 4.22. The Morgan fingerprint density at radius 3 is 2.70 bits per heavy atom. The third kappa shape index (κ3) is 3.41. The third-order valence-electron chi connectivity index (χ3n) is 2.68. The Labute approximate surface area is 116 Å². The number of benzene rings is 1. The van der Waals surface area contributed by atoms with Crippen molar-refractivity contribution in [3.8, 4) is 0 Å². The van der Waals surface area contributed by atoms with E-state index in [9.17, 15) is 9.59 Å². The molecule has 0 aliphatic carbocycles. The lowest BCUT2D eigenvalue weighted by Gasteiger charge is -2.07. The monoisotopic (exact) mass is 269 g/mol.